The molecule has 0 bridgehead atoms. The van der Waals surface area contributed by atoms with Crippen LogP contribution in [0.25, 0.3) is 0 Å². The topological polar surface area (TPSA) is 0 Å². The Morgan fingerprint density at radius 2 is 0.727 bits per heavy atom. The van der Waals surface area contributed by atoms with Crippen molar-refractivity contribution in [3.05, 3.63) is 29.7 Å². The van der Waals surface area contributed by atoms with Crippen LogP contribution >= 0.6 is 0 Å². The second kappa shape index (κ2) is 50.6. The van der Waals surface area contributed by atoms with Crippen LogP contribution < -0.4 is 0 Å². The molecule has 0 nitrogen and oxygen atoms in total. The van der Waals surface area contributed by atoms with Crippen LogP contribution in [0.15, 0.2) is 0 Å². The van der Waals surface area contributed by atoms with Crippen LogP contribution in [-0.4, -0.2) is 0 Å². The summed E-state index contributed by atoms with van der Waals surface area (Å²) in [5.74, 6) is 0.833. The maximum Gasteiger partial charge on any atom is 0 e. The molecule has 0 aromatic heterocycles. The minimum Gasteiger partial charge on any atom is -0.358 e. The molecular weight excluding hydrogens is 363 g/mol. The summed E-state index contributed by atoms with van der Waals surface area (Å²) >= 11 is 0. The van der Waals surface area contributed by atoms with Gasteiger partial charge in [0.2, 0.25) is 0 Å². The molecule has 0 amide bonds. The van der Waals surface area contributed by atoms with Gasteiger partial charge in [0.1, 0.15) is 0 Å². The maximum absolute atomic E-state index is 5.00. The molecule has 0 spiro atoms. The first-order valence-corrected chi connectivity index (χ1v) is 1.73. The molecule has 75 valence electrons. The van der Waals surface area contributed by atoms with Gasteiger partial charge in [0, 0.05) is 107 Å². The molecule has 0 N–H and O–H groups in total. The minimum atomic E-state index is 0. The summed E-state index contributed by atoms with van der Waals surface area (Å²) in [4.78, 5) is 0. The minimum absolute atomic E-state index is 0. The summed E-state index contributed by atoms with van der Waals surface area (Å²) < 4.78 is 20.0. The molecule has 3 heteroatoms. The predicted octanol–water partition coefficient (Wildman–Crippen LogP) is 4.44. The number of rotatable bonds is 0. The Kier molecular flexibility index (Phi) is 169. The molecule has 0 aromatic rings. The first kappa shape index (κ1) is 36.7. The summed E-state index contributed by atoms with van der Waals surface area (Å²) in [5, 5.41) is 0. The van der Waals surface area contributed by atoms with Gasteiger partial charge in [0.15, 0.2) is 0 Å². The Hall–Kier alpha value is 3.31. The Labute approximate surface area is 161 Å². The summed E-state index contributed by atoms with van der Waals surface area (Å²) in [6, 6.07) is 0. The van der Waals surface area contributed by atoms with Gasteiger partial charge in [0.25, 0.3) is 0 Å². The van der Waals surface area contributed by atoms with E-state index in [0.717, 1.165) is 5.92 Å². The van der Waals surface area contributed by atoms with E-state index in [0.29, 0.717) is 0 Å². The van der Waals surface area contributed by atoms with E-state index < -0.39 is 0 Å². The summed E-state index contributed by atoms with van der Waals surface area (Å²) in [6.07, 6.45) is 0. The zero-order valence-electron chi connectivity index (χ0n) is 13.3. The average Bonchev–Trinajstić information content (AvgIpc) is 1.75. The number of hydrogen-bond acceptors (Lipinski definition) is 0. The van der Waals surface area contributed by atoms with E-state index >= 15 is 0 Å². The summed E-state index contributed by atoms with van der Waals surface area (Å²) in [7, 11) is 0. The van der Waals surface area contributed by atoms with Crippen molar-refractivity contribution in [2.75, 3.05) is 0 Å². The zero-order chi connectivity index (χ0) is 7.58. The first-order chi connectivity index (χ1) is 3.73. The van der Waals surface area contributed by atoms with Crippen LogP contribution in [0.1, 0.15) is 29.6 Å². The van der Waals surface area contributed by atoms with Crippen molar-refractivity contribution in [3.8, 4) is 0 Å². The van der Waals surface area contributed by atoms with Gasteiger partial charge >= 0.3 is 0 Å². The predicted molar refractivity (Wildman–Crippen MR) is 54.6 cm³/mol. The molecule has 0 atom stereocenters. The molecule has 11 heavy (non-hydrogen) atoms. The molecular formula is C8H30Y3-4. The van der Waals surface area contributed by atoms with Gasteiger partial charge < -0.3 is 29.7 Å². The van der Waals surface area contributed by atoms with E-state index in [9.17, 15) is 0 Å². The fourth-order valence-electron chi connectivity index (χ4n) is 0. The fourth-order valence-corrected chi connectivity index (χ4v) is 0. The molecule has 0 rings (SSSR count). The molecule has 0 saturated carbocycles. The van der Waals surface area contributed by atoms with Gasteiger partial charge in [-0.05, 0) is 5.92 Å². The largest absolute Gasteiger partial charge is 0.358 e. The smallest absolute Gasteiger partial charge is 0 e. The Bertz CT molecular complexity index is 30.0. The maximum atomic E-state index is 5.00. The van der Waals surface area contributed by atoms with Crippen molar-refractivity contribution in [3.63, 3.8) is 0 Å². The van der Waals surface area contributed by atoms with Crippen molar-refractivity contribution >= 4 is 0 Å². The number of hydrogen-bond donors (Lipinski definition) is 0. The third kappa shape index (κ3) is 155. The van der Waals surface area contributed by atoms with Crippen LogP contribution in [-0.2, 0) is 98.1 Å². The molecule has 0 fully saturated rings. The standard InChI is InChI=1S/C4H10.4CH3.3Y.4H2/c1-4(2)3;;;;;;;;;;;/h4H,1-3H3;4*1H3;;;;4*1H/q;4*-1;;;;;;;/i;;;;;;;;2*1+2T;2*1+2. The zero-order valence-corrected chi connectivity index (χ0v) is 17.8. The van der Waals surface area contributed by atoms with Crippen molar-refractivity contribution < 1.29 is 107 Å². The summed E-state index contributed by atoms with van der Waals surface area (Å²) in [6.45, 7) is 6.50. The molecule has 0 aliphatic heterocycles. The van der Waals surface area contributed by atoms with Gasteiger partial charge in [0.05, 0.1) is 0 Å². The van der Waals surface area contributed by atoms with E-state index in [2.05, 4.69) is 20.8 Å². The van der Waals surface area contributed by atoms with Crippen molar-refractivity contribution in [2.24, 2.45) is 5.92 Å². The quantitative estimate of drug-likeness (QED) is 0.523. The van der Waals surface area contributed by atoms with E-state index in [4.69, 9.17) is 5.94 Å². The monoisotopic (exact) mass is 405 g/mol. The van der Waals surface area contributed by atoms with Crippen LogP contribution in [0.2, 0.25) is 0 Å². The van der Waals surface area contributed by atoms with E-state index in [1.54, 1.807) is 0 Å². The van der Waals surface area contributed by atoms with Crippen LogP contribution in [0.4, 0.5) is 0 Å². The van der Waals surface area contributed by atoms with Crippen LogP contribution in [0.5, 0.6) is 0 Å². The molecule has 0 heterocycles. The van der Waals surface area contributed by atoms with Gasteiger partial charge in [-0.15, -0.1) is 0 Å². The molecule has 0 aromatic carbocycles. The Morgan fingerprint density at radius 3 is 0.727 bits per heavy atom. The third-order valence-corrected chi connectivity index (χ3v) is 0. The second-order valence-corrected chi connectivity index (χ2v) is 1.73. The average molecular weight is 405 g/mol. The van der Waals surface area contributed by atoms with E-state index in [-0.39, 0.29) is 131 Å². The SMILES string of the molecule is CC(C)C.[3HH].[3HH].[3H][3H].[3H][3H].[CH3-].[CH3-].[CH3-].[CH3-].[Y].[Y].[Y]. The molecule has 3 radical (unpaired) electrons. The molecule has 0 aliphatic carbocycles. The molecule has 0 aliphatic rings. The van der Waals surface area contributed by atoms with E-state index in [1.807, 2.05) is 0 Å². The Balaban J connectivity index is -0.00000000182. The van der Waals surface area contributed by atoms with Gasteiger partial charge in [-0.1, -0.05) is 20.8 Å². The van der Waals surface area contributed by atoms with Crippen molar-refractivity contribution in [2.45, 2.75) is 20.8 Å². The van der Waals surface area contributed by atoms with Gasteiger partial charge in [-0.2, -0.15) is 0 Å². The molecule has 0 unspecified atom stereocenters. The second-order valence-electron chi connectivity index (χ2n) is 1.73. The first-order valence-electron chi connectivity index (χ1n) is 3.73. The third-order valence-electron chi connectivity index (χ3n) is 0. The van der Waals surface area contributed by atoms with Gasteiger partial charge in [-0.3, -0.25) is 0 Å². The van der Waals surface area contributed by atoms with Crippen molar-refractivity contribution in [1.82, 2.24) is 0 Å². The normalized spacial score (nSPS) is 4.73. The Morgan fingerprint density at radius 1 is 0.727 bits per heavy atom. The van der Waals surface area contributed by atoms with E-state index in [1.165, 1.54) is 0 Å². The van der Waals surface area contributed by atoms with Gasteiger partial charge in [-0.25, -0.2) is 0 Å². The summed E-state index contributed by atoms with van der Waals surface area (Å²) in [5.41, 5.74) is 0. The van der Waals surface area contributed by atoms with Crippen molar-refractivity contribution in [1.29, 1.82) is 0 Å². The van der Waals surface area contributed by atoms with Crippen LogP contribution in [0, 0.1) is 35.6 Å². The van der Waals surface area contributed by atoms with Crippen LogP contribution in [0.3, 0.4) is 0 Å². The molecule has 0 saturated heterocycles. The fraction of sp³-hybridized carbons (Fsp3) is 0.500.